The lowest BCUT2D eigenvalue weighted by molar-refractivity contribution is 0.0787. The number of benzene rings is 1. The highest BCUT2D eigenvalue weighted by Gasteiger charge is 2.30. The minimum Gasteiger partial charge on any atom is -0.380 e. The fourth-order valence-corrected chi connectivity index (χ4v) is 4.49. The Balaban J connectivity index is 1.65. The maximum atomic E-state index is 15.2. The molecule has 3 heterocycles. The van der Waals surface area contributed by atoms with E-state index in [0.29, 0.717) is 35.6 Å². The quantitative estimate of drug-likeness (QED) is 0.418. The largest absolute Gasteiger partial charge is 0.380 e. The van der Waals surface area contributed by atoms with E-state index in [1.807, 2.05) is 6.92 Å². The second-order valence-corrected chi connectivity index (χ2v) is 9.36. The number of hydrogen-bond donors (Lipinski definition) is 1. The summed E-state index contributed by atoms with van der Waals surface area (Å²) in [6, 6.07) is 4.63. The summed E-state index contributed by atoms with van der Waals surface area (Å²) in [5.41, 5.74) is 0.542. The van der Waals surface area contributed by atoms with E-state index >= 15 is 8.78 Å². The van der Waals surface area contributed by atoms with Crippen molar-refractivity contribution in [1.82, 2.24) is 14.9 Å². The number of halogens is 3. The van der Waals surface area contributed by atoms with E-state index in [9.17, 15) is 9.18 Å². The Labute approximate surface area is 208 Å². The van der Waals surface area contributed by atoms with E-state index in [2.05, 4.69) is 15.3 Å². The lowest BCUT2D eigenvalue weighted by Gasteiger charge is -2.21. The molecular weight excluding hydrogens is 469 g/mol. The SMILES string of the molecule is CCN1Cc2c(ccnc2N[C@@H](C)c2cc(F)c(-c3cc(C(C)(C)F)c(COC)cn3)cc2F)C1=O. The maximum absolute atomic E-state index is 15.2. The number of carbonyl (C=O) groups is 1. The first-order valence-corrected chi connectivity index (χ1v) is 11.7. The zero-order valence-corrected chi connectivity index (χ0v) is 21.0. The van der Waals surface area contributed by atoms with Crippen molar-refractivity contribution in [2.45, 2.75) is 52.6 Å². The molecule has 2 aromatic heterocycles. The second kappa shape index (κ2) is 9.89. The molecule has 190 valence electrons. The Morgan fingerprint density at radius 3 is 2.58 bits per heavy atom. The Morgan fingerprint density at radius 1 is 1.17 bits per heavy atom. The Morgan fingerprint density at radius 2 is 1.92 bits per heavy atom. The molecule has 36 heavy (non-hydrogen) atoms. The van der Waals surface area contributed by atoms with Gasteiger partial charge in [0.05, 0.1) is 24.9 Å². The predicted molar refractivity (Wildman–Crippen MR) is 131 cm³/mol. The van der Waals surface area contributed by atoms with Gasteiger partial charge in [0, 0.05) is 53.9 Å². The topological polar surface area (TPSA) is 67.3 Å². The molecule has 4 rings (SSSR count). The molecule has 1 atom stereocenters. The molecule has 1 aliphatic rings. The van der Waals surface area contributed by atoms with Crippen LogP contribution in [0.2, 0.25) is 0 Å². The molecule has 6 nitrogen and oxygen atoms in total. The van der Waals surface area contributed by atoms with Gasteiger partial charge in [-0.1, -0.05) is 0 Å². The molecule has 9 heteroatoms. The Hall–Kier alpha value is -3.46. The summed E-state index contributed by atoms with van der Waals surface area (Å²) in [6.07, 6.45) is 2.95. The third-order valence-electron chi connectivity index (χ3n) is 6.41. The lowest BCUT2D eigenvalue weighted by atomic mass is 9.94. The maximum Gasteiger partial charge on any atom is 0.254 e. The highest BCUT2D eigenvalue weighted by Crippen LogP contribution is 2.35. The van der Waals surface area contributed by atoms with Crippen molar-refractivity contribution in [2.75, 3.05) is 19.0 Å². The van der Waals surface area contributed by atoms with Crippen LogP contribution in [0.25, 0.3) is 11.3 Å². The number of anilines is 1. The van der Waals surface area contributed by atoms with Gasteiger partial charge in [-0.3, -0.25) is 9.78 Å². The molecule has 0 aliphatic carbocycles. The first-order chi connectivity index (χ1) is 17.0. The molecule has 0 bridgehead atoms. The van der Waals surface area contributed by atoms with Crippen molar-refractivity contribution >= 4 is 11.7 Å². The van der Waals surface area contributed by atoms with Crippen LogP contribution < -0.4 is 5.32 Å². The zero-order chi connectivity index (χ0) is 26.2. The normalized spacial score (nSPS) is 14.2. The van der Waals surface area contributed by atoms with Crippen molar-refractivity contribution < 1.29 is 22.7 Å². The van der Waals surface area contributed by atoms with Crippen LogP contribution in [0.15, 0.2) is 36.7 Å². The zero-order valence-electron chi connectivity index (χ0n) is 21.0. The van der Waals surface area contributed by atoms with Gasteiger partial charge < -0.3 is 15.0 Å². The molecule has 0 unspecified atom stereocenters. The molecule has 0 spiro atoms. The molecule has 1 amide bonds. The molecule has 0 radical (unpaired) electrons. The Bertz CT molecular complexity index is 1310. The van der Waals surface area contributed by atoms with Crippen molar-refractivity contribution in [3.8, 4) is 11.3 Å². The van der Waals surface area contributed by atoms with E-state index in [-0.39, 0.29) is 29.3 Å². The van der Waals surface area contributed by atoms with Crippen molar-refractivity contribution in [3.05, 3.63) is 76.1 Å². The fourth-order valence-electron chi connectivity index (χ4n) is 4.49. The highest BCUT2D eigenvalue weighted by molar-refractivity contribution is 5.99. The summed E-state index contributed by atoms with van der Waals surface area (Å²) in [5.74, 6) is -0.951. The van der Waals surface area contributed by atoms with Crippen molar-refractivity contribution in [3.63, 3.8) is 0 Å². The third-order valence-corrected chi connectivity index (χ3v) is 6.41. The number of pyridine rings is 2. The van der Waals surface area contributed by atoms with E-state index in [1.54, 1.807) is 17.9 Å². The third kappa shape index (κ3) is 4.80. The average Bonchev–Trinajstić information content (AvgIpc) is 3.16. The number of methoxy groups -OCH3 is 1. The smallest absolute Gasteiger partial charge is 0.254 e. The molecule has 0 saturated heterocycles. The number of alkyl halides is 1. The average molecular weight is 499 g/mol. The van der Waals surface area contributed by atoms with Gasteiger partial charge in [-0.05, 0) is 57.5 Å². The van der Waals surface area contributed by atoms with Gasteiger partial charge in [-0.2, -0.15) is 0 Å². The molecular formula is C27H29F3N4O2. The van der Waals surface area contributed by atoms with E-state index < -0.39 is 23.3 Å². The molecule has 1 aromatic carbocycles. The van der Waals surface area contributed by atoms with Gasteiger partial charge in [-0.15, -0.1) is 0 Å². The van der Waals surface area contributed by atoms with Crippen molar-refractivity contribution in [2.24, 2.45) is 0 Å². The first kappa shape index (κ1) is 25.6. The van der Waals surface area contributed by atoms with Crippen LogP contribution in [0.4, 0.5) is 19.0 Å². The van der Waals surface area contributed by atoms with Gasteiger partial charge in [-0.25, -0.2) is 18.2 Å². The van der Waals surface area contributed by atoms with Crippen LogP contribution in [-0.4, -0.2) is 34.4 Å². The van der Waals surface area contributed by atoms with Gasteiger partial charge in [0.15, 0.2) is 0 Å². The molecule has 3 aromatic rings. The van der Waals surface area contributed by atoms with Gasteiger partial charge in [0.25, 0.3) is 5.91 Å². The fraction of sp³-hybridized carbons (Fsp3) is 0.370. The van der Waals surface area contributed by atoms with Crippen LogP contribution in [0.1, 0.15) is 66.3 Å². The summed E-state index contributed by atoms with van der Waals surface area (Å²) in [5, 5.41) is 3.13. The molecule has 0 fully saturated rings. The number of hydrogen-bond acceptors (Lipinski definition) is 5. The lowest BCUT2D eigenvalue weighted by Crippen LogP contribution is -2.22. The van der Waals surface area contributed by atoms with Gasteiger partial charge >= 0.3 is 0 Å². The highest BCUT2D eigenvalue weighted by atomic mass is 19.1. The van der Waals surface area contributed by atoms with Crippen LogP contribution in [0.5, 0.6) is 0 Å². The summed E-state index contributed by atoms with van der Waals surface area (Å²) in [7, 11) is 1.49. The van der Waals surface area contributed by atoms with E-state index in [0.717, 1.165) is 17.7 Å². The first-order valence-electron chi connectivity index (χ1n) is 11.7. The van der Waals surface area contributed by atoms with Crippen LogP contribution >= 0.6 is 0 Å². The monoisotopic (exact) mass is 498 g/mol. The number of aromatic nitrogens is 2. The number of nitrogens with one attached hydrogen (secondary N) is 1. The Kier molecular flexibility index (Phi) is 7.04. The molecule has 0 saturated carbocycles. The minimum absolute atomic E-state index is 0.0687. The number of fused-ring (bicyclic) bond motifs is 1. The number of rotatable bonds is 8. The van der Waals surface area contributed by atoms with Crippen LogP contribution in [0, 0.1) is 11.6 Å². The van der Waals surface area contributed by atoms with Crippen LogP contribution in [0.3, 0.4) is 0 Å². The number of carbonyl (C=O) groups excluding carboxylic acids is 1. The predicted octanol–water partition coefficient (Wildman–Crippen LogP) is 5.92. The van der Waals surface area contributed by atoms with E-state index in [1.165, 1.54) is 39.4 Å². The summed E-state index contributed by atoms with van der Waals surface area (Å²) < 4.78 is 50.4. The number of amides is 1. The van der Waals surface area contributed by atoms with Crippen LogP contribution in [-0.2, 0) is 23.6 Å². The van der Waals surface area contributed by atoms with E-state index in [4.69, 9.17) is 4.74 Å². The second-order valence-electron chi connectivity index (χ2n) is 9.36. The number of nitrogens with zero attached hydrogens (tertiary/aromatic N) is 3. The number of ether oxygens (including phenoxy) is 1. The van der Waals surface area contributed by atoms with Gasteiger partial charge in [0.2, 0.25) is 0 Å². The molecule has 1 N–H and O–H groups in total. The van der Waals surface area contributed by atoms with Crippen molar-refractivity contribution in [1.29, 1.82) is 0 Å². The summed E-state index contributed by atoms with van der Waals surface area (Å²) in [6.45, 7) is 7.47. The summed E-state index contributed by atoms with van der Waals surface area (Å²) in [4.78, 5) is 22.7. The molecule has 1 aliphatic heterocycles. The van der Waals surface area contributed by atoms with Gasteiger partial charge in [0.1, 0.15) is 23.1 Å². The standard InChI is InChI=1S/C27H29F3N4O2/c1-6-34-13-20-17(26(34)35)7-8-31-25(20)33-15(2)18-9-23(29)19(10-22(18)28)24-11-21(27(3,4)30)16(12-32-24)14-36-5/h7-12,15H,6,13-14H2,1-5H3,(H,31,33)/t15-/m0/s1. The minimum atomic E-state index is -1.73. The summed E-state index contributed by atoms with van der Waals surface area (Å²) >= 11 is 0.